The van der Waals surface area contributed by atoms with Crippen LogP contribution in [0, 0.1) is 11.3 Å². The first kappa shape index (κ1) is 12.2. The Balaban J connectivity index is 2.63. The van der Waals surface area contributed by atoms with Crippen LogP contribution in [0.4, 0.5) is 0 Å². The summed E-state index contributed by atoms with van der Waals surface area (Å²) in [4.78, 5) is 10.7. The van der Waals surface area contributed by atoms with Gasteiger partial charge in [0.2, 0.25) is 0 Å². The van der Waals surface area contributed by atoms with Crippen molar-refractivity contribution in [2.45, 2.75) is 47.0 Å². The van der Waals surface area contributed by atoms with Crippen LogP contribution in [0.3, 0.4) is 0 Å². The molecule has 0 N–H and O–H groups in total. The smallest absolute Gasteiger partial charge is 0.145 e. The van der Waals surface area contributed by atoms with E-state index in [-0.39, 0.29) is 0 Å². The maximum atomic E-state index is 10.7. The second-order valence-corrected chi connectivity index (χ2v) is 5.03. The molecule has 0 spiro atoms. The summed E-state index contributed by atoms with van der Waals surface area (Å²) in [6, 6.07) is 0. The topological polar surface area (TPSA) is 17.1 Å². The molecule has 1 nitrogen and oxygen atoms in total. The van der Waals surface area contributed by atoms with Crippen LogP contribution in [-0.2, 0) is 4.79 Å². The lowest BCUT2D eigenvalue weighted by molar-refractivity contribution is -0.105. The van der Waals surface area contributed by atoms with Gasteiger partial charge < -0.3 is 0 Å². The van der Waals surface area contributed by atoms with Gasteiger partial charge in [-0.15, -0.1) is 0 Å². The second kappa shape index (κ2) is 4.78. The largest absolute Gasteiger partial charge is 0.298 e. The Morgan fingerprint density at radius 1 is 1.60 bits per heavy atom. The van der Waals surface area contributed by atoms with Crippen LogP contribution in [0.15, 0.2) is 23.3 Å². The third kappa shape index (κ3) is 2.58. The van der Waals surface area contributed by atoms with Gasteiger partial charge in [0.25, 0.3) is 0 Å². The molecule has 84 valence electrons. The Kier molecular flexibility index (Phi) is 3.90. The minimum atomic E-state index is 0.304. The SMILES string of the molecule is CC/C(C=O)=C\C[C@@H]1CC=C(C)C1(C)C. The summed E-state index contributed by atoms with van der Waals surface area (Å²) in [6.45, 7) is 8.85. The summed E-state index contributed by atoms with van der Waals surface area (Å²) in [5, 5.41) is 0. The molecule has 15 heavy (non-hydrogen) atoms. The quantitative estimate of drug-likeness (QED) is 0.387. The maximum Gasteiger partial charge on any atom is 0.145 e. The van der Waals surface area contributed by atoms with Gasteiger partial charge in [-0.05, 0) is 43.1 Å². The van der Waals surface area contributed by atoms with E-state index in [0.29, 0.717) is 11.3 Å². The molecule has 0 radical (unpaired) electrons. The molecule has 1 heteroatoms. The highest BCUT2D eigenvalue weighted by molar-refractivity contribution is 5.72. The van der Waals surface area contributed by atoms with E-state index in [1.54, 1.807) is 0 Å². The van der Waals surface area contributed by atoms with E-state index >= 15 is 0 Å². The third-order valence-corrected chi connectivity index (χ3v) is 3.97. The van der Waals surface area contributed by atoms with E-state index in [1.807, 2.05) is 6.92 Å². The van der Waals surface area contributed by atoms with Crippen molar-refractivity contribution in [1.29, 1.82) is 0 Å². The number of aldehydes is 1. The van der Waals surface area contributed by atoms with Crippen molar-refractivity contribution >= 4 is 6.29 Å². The van der Waals surface area contributed by atoms with Crippen LogP contribution in [-0.4, -0.2) is 6.29 Å². The lowest BCUT2D eigenvalue weighted by Crippen LogP contribution is -2.19. The summed E-state index contributed by atoms with van der Waals surface area (Å²) in [7, 11) is 0. The average Bonchev–Trinajstić information content (AvgIpc) is 2.45. The van der Waals surface area contributed by atoms with Crippen molar-refractivity contribution in [3.8, 4) is 0 Å². The molecule has 1 aliphatic rings. The second-order valence-electron chi connectivity index (χ2n) is 5.03. The van der Waals surface area contributed by atoms with Gasteiger partial charge in [0.15, 0.2) is 0 Å². The lowest BCUT2D eigenvalue weighted by atomic mass is 9.76. The molecule has 0 aromatic rings. The molecule has 0 amide bonds. The number of carbonyl (C=O) groups is 1. The molecule has 1 aliphatic carbocycles. The number of rotatable bonds is 4. The van der Waals surface area contributed by atoms with E-state index in [4.69, 9.17) is 0 Å². The van der Waals surface area contributed by atoms with E-state index in [0.717, 1.165) is 31.1 Å². The van der Waals surface area contributed by atoms with Crippen molar-refractivity contribution in [3.05, 3.63) is 23.3 Å². The Labute approximate surface area is 93.3 Å². The third-order valence-electron chi connectivity index (χ3n) is 3.97. The fourth-order valence-corrected chi connectivity index (χ4v) is 2.16. The van der Waals surface area contributed by atoms with Crippen LogP contribution in [0.1, 0.15) is 47.0 Å². The Hall–Kier alpha value is -0.850. The van der Waals surface area contributed by atoms with Crippen LogP contribution >= 0.6 is 0 Å². The van der Waals surface area contributed by atoms with Crippen molar-refractivity contribution in [2.24, 2.45) is 11.3 Å². The van der Waals surface area contributed by atoms with Crippen LogP contribution in [0.25, 0.3) is 0 Å². The van der Waals surface area contributed by atoms with Crippen LogP contribution < -0.4 is 0 Å². The lowest BCUT2D eigenvalue weighted by Gasteiger charge is -2.29. The molecule has 0 saturated carbocycles. The highest BCUT2D eigenvalue weighted by Gasteiger charge is 2.33. The maximum absolute atomic E-state index is 10.7. The van der Waals surface area contributed by atoms with Crippen molar-refractivity contribution in [2.75, 3.05) is 0 Å². The molecule has 1 atom stereocenters. The molecule has 0 unspecified atom stereocenters. The van der Waals surface area contributed by atoms with Gasteiger partial charge >= 0.3 is 0 Å². The highest BCUT2D eigenvalue weighted by atomic mass is 16.1. The van der Waals surface area contributed by atoms with Crippen LogP contribution in [0.2, 0.25) is 0 Å². The zero-order valence-corrected chi connectivity index (χ0v) is 10.3. The highest BCUT2D eigenvalue weighted by Crippen LogP contribution is 2.44. The Morgan fingerprint density at radius 3 is 2.67 bits per heavy atom. The number of allylic oxidation sites excluding steroid dienone is 4. The van der Waals surface area contributed by atoms with Gasteiger partial charge in [-0.25, -0.2) is 0 Å². The van der Waals surface area contributed by atoms with Crippen LogP contribution in [0.5, 0.6) is 0 Å². The molecule has 1 rings (SSSR count). The van der Waals surface area contributed by atoms with Gasteiger partial charge in [0, 0.05) is 0 Å². The molecular weight excluding hydrogens is 184 g/mol. The van der Waals surface area contributed by atoms with Gasteiger partial charge in [0.05, 0.1) is 0 Å². The zero-order chi connectivity index (χ0) is 11.5. The molecule has 0 fully saturated rings. The summed E-state index contributed by atoms with van der Waals surface area (Å²) in [5.41, 5.74) is 2.73. The van der Waals surface area contributed by atoms with Crippen molar-refractivity contribution in [3.63, 3.8) is 0 Å². The summed E-state index contributed by atoms with van der Waals surface area (Å²) >= 11 is 0. The van der Waals surface area contributed by atoms with Gasteiger partial charge in [-0.2, -0.15) is 0 Å². The molecular formula is C14H22O. The monoisotopic (exact) mass is 206 g/mol. The summed E-state index contributed by atoms with van der Waals surface area (Å²) in [6.07, 6.45) is 8.48. The standard InChI is InChI=1S/C14H22O/c1-5-12(10-15)7-9-13-8-6-11(2)14(13,3)4/h6-7,10,13H,5,8-9H2,1-4H3/b12-7+/t13-/m0/s1. The van der Waals surface area contributed by atoms with Crippen molar-refractivity contribution < 1.29 is 4.79 Å². The normalized spacial score (nSPS) is 25.2. The molecule has 0 heterocycles. The Morgan fingerprint density at radius 2 is 2.27 bits per heavy atom. The van der Waals surface area contributed by atoms with Gasteiger partial charge in [-0.1, -0.05) is 38.5 Å². The first-order valence-electron chi connectivity index (χ1n) is 5.83. The predicted molar refractivity (Wildman–Crippen MR) is 64.7 cm³/mol. The minimum Gasteiger partial charge on any atom is -0.298 e. The molecule has 0 bridgehead atoms. The van der Waals surface area contributed by atoms with E-state index in [9.17, 15) is 4.79 Å². The fourth-order valence-electron chi connectivity index (χ4n) is 2.16. The zero-order valence-electron chi connectivity index (χ0n) is 10.3. The molecule has 0 saturated heterocycles. The minimum absolute atomic E-state index is 0.304. The van der Waals surface area contributed by atoms with E-state index in [2.05, 4.69) is 32.9 Å². The van der Waals surface area contributed by atoms with E-state index in [1.165, 1.54) is 5.57 Å². The molecule has 0 aromatic carbocycles. The Bertz CT molecular complexity index is 294. The van der Waals surface area contributed by atoms with E-state index < -0.39 is 0 Å². The first-order chi connectivity index (χ1) is 7.02. The van der Waals surface area contributed by atoms with Gasteiger partial charge in [-0.3, -0.25) is 4.79 Å². The predicted octanol–water partition coefficient (Wildman–Crippen LogP) is 3.90. The number of hydrogen-bond acceptors (Lipinski definition) is 1. The summed E-state index contributed by atoms with van der Waals surface area (Å²) < 4.78 is 0. The number of carbonyl (C=O) groups excluding carboxylic acids is 1. The molecule has 0 aliphatic heterocycles. The number of hydrogen-bond donors (Lipinski definition) is 0. The van der Waals surface area contributed by atoms with Gasteiger partial charge in [0.1, 0.15) is 6.29 Å². The fraction of sp³-hybridized carbons (Fsp3) is 0.643. The van der Waals surface area contributed by atoms with Crippen molar-refractivity contribution in [1.82, 2.24) is 0 Å². The first-order valence-corrected chi connectivity index (χ1v) is 5.83. The molecule has 0 aromatic heterocycles. The summed E-state index contributed by atoms with van der Waals surface area (Å²) in [5.74, 6) is 0.666. The average molecular weight is 206 g/mol.